The first-order valence-electron chi connectivity index (χ1n) is 8.23. The summed E-state index contributed by atoms with van der Waals surface area (Å²) in [7, 11) is 0. The minimum Gasteiger partial charge on any atom is -0.508 e. The molecule has 0 aliphatic carbocycles. The van der Waals surface area contributed by atoms with Crippen LogP contribution in [0.1, 0.15) is 25.8 Å². The normalized spacial score (nSPS) is 11.9. The second-order valence-electron chi connectivity index (χ2n) is 5.39. The van der Waals surface area contributed by atoms with E-state index in [1.165, 1.54) is 6.21 Å². The van der Waals surface area contributed by atoms with Gasteiger partial charge in [-0.05, 0) is 67.4 Å². The molecule has 2 aromatic rings. The molecular weight excluding hydrogens is 318 g/mol. The third kappa shape index (κ3) is 5.84. The van der Waals surface area contributed by atoms with E-state index < -0.39 is 6.04 Å². The summed E-state index contributed by atoms with van der Waals surface area (Å²) < 4.78 is 5.40. The summed E-state index contributed by atoms with van der Waals surface area (Å²) in [6, 6.07) is 13.6. The van der Waals surface area contributed by atoms with Crippen molar-refractivity contribution in [2.24, 2.45) is 5.10 Å². The zero-order chi connectivity index (χ0) is 18.1. The number of phenols is 1. The Bertz CT molecular complexity index is 697. The van der Waals surface area contributed by atoms with E-state index in [0.29, 0.717) is 13.0 Å². The van der Waals surface area contributed by atoms with Crippen molar-refractivity contribution in [1.82, 2.24) is 5.43 Å². The highest BCUT2D eigenvalue weighted by molar-refractivity contribution is 5.86. The van der Waals surface area contributed by atoms with Crippen molar-refractivity contribution >= 4 is 17.8 Å². The molecule has 0 unspecified atom stereocenters. The molecule has 0 aliphatic rings. The molecule has 1 amide bonds. The van der Waals surface area contributed by atoms with Gasteiger partial charge in [0.15, 0.2) is 0 Å². The average molecular weight is 341 g/mol. The summed E-state index contributed by atoms with van der Waals surface area (Å²) in [6.07, 6.45) is 2.15. The maximum absolute atomic E-state index is 12.2. The van der Waals surface area contributed by atoms with Crippen LogP contribution in [-0.2, 0) is 4.79 Å². The maximum Gasteiger partial charge on any atom is 0.262 e. The van der Waals surface area contributed by atoms with Crippen molar-refractivity contribution in [2.45, 2.75) is 26.3 Å². The van der Waals surface area contributed by atoms with Gasteiger partial charge < -0.3 is 15.2 Å². The Morgan fingerprint density at radius 1 is 1.16 bits per heavy atom. The molecule has 0 saturated heterocycles. The van der Waals surface area contributed by atoms with Gasteiger partial charge in [0.2, 0.25) is 0 Å². The molecule has 2 rings (SSSR count). The quantitative estimate of drug-likeness (QED) is 0.509. The summed E-state index contributed by atoms with van der Waals surface area (Å²) in [6.45, 7) is 4.48. The second-order valence-corrected chi connectivity index (χ2v) is 5.39. The predicted octanol–water partition coefficient (Wildman–Crippen LogP) is 3.13. The number of carbonyl (C=O) groups excluding carboxylic acids is 1. The van der Waals surface area contributed by atoms with E-state index in [2.05, 4.69) is 15.8 Å². The van der Waals surface area contributed by atoms with Crippen LogP contribution in [0.2, 0.25) is 0 Å². The van der Waals surface area contributed by atoms with Crippen LogP contribution >= 0.6 is 0 Å². The van der Waals surface area contributed by atoms with Crippen molar-refractivity contribution in [3.8, 4) is 11.5 Å². The number of phenolic OH excluding ortho intramolecular Hbond substituents is 1. The highest BCUT2D eigenvalue weighted by atomic mass is 16.5. The smallest absolute Gasteiger partial charge is 0.262 e. The molecule has 0 bridgehead atoms. The fraction of sp³-hybridized carbons (Fsp3) is 0.263. The lowest BCUT2D eigenvalue weighted by molar-refractivity contribution is -0.121. The zero-order valence-corrected chi connectivity index (χ0v) is 14.4. The molecule has 3 N–H and O–H groups in total. The first-order valence-corrected chi connectivity index (χ1v) is 8.23. The van der Waals surface area contributed by atoms with Gasteiger partial charge in [-0.1, -0.05) is 6.92 Å². The Morgan fingerprint density at radius 3 is 2.44 bits per heavy atom. The molecule has 0 saturated carbocycles. The molecule has 6 heteroatoms. The summed E-state index contributed by atoms with van der Waals surface area (Å²) in [4.78, 5) is 12.2. The number of hydrazone groups is 1. The maximum atomic E-state index is 12.2. The molecule has 0 heterocycles. The van der Waals surface area contributed by atoms with E-state index in [4.69, 9.17) is 4.74 Å². The number of amides is 1. The van der Waals surface area contributed by atoms with Crippen LogP contribution in [0.15, 0.2) is 53.6 Å². The van der Waals surface area contributed by atoms with Gasteiger partial charge in [0, 0.05) is 5.69 Å². The Balaban J connectivity index is 1.90. The van der Waals surface area contributed by atoms with Crippen LogP contribution in [0.25, 0.3) is 0 Å². The van der Waals surface area contributed by atoms with Crippen LogP contribution in [-0.4, -0.2) is 29.9 Å². The average Bonchev–Trinajstić information content (AvgIpc) is 2.63. The Morgan fingerprint density at radius 2 is 1.84 bits per heavy atom. The Labute approximate surface area is 147 Å². The molecule has 0 spiro atoms. The van der Waals surface area contributed by atoms with Gasteiger partial charge >= 0.3 is 0 Å². The highest BCUT2D eigenvalue weighted by Crippen LogP contribution is 2.17. The van der Waals surface area contributed by atoms with Gasteiger partial charge in [-0.25, -0.2) is 5.43 Å². The summed E-state index contributed by atoms with van der Waals surface area (Å²) in [5.41, 5.74) is 4.15. The minimum absolute atomic E-state index is 0.187. The second kappa shape index (κ2) is 9.32. The first kappa shape index (κ1) is 18.3. The van der Waals surface area contributed by atoms with E-state index in [1.807, 2.05) is 38.1 Å². The van der Waals surface area contributed by atoms with Crippen LogP contribution in [0.4, 0.5) is 5.69 Å². The molecule has 0 fully saturated rings. The fourth-order valence-electron chi connectivity index (χ4n) is 2.18. The van der Waals surface area contributed by atoms with Crippen LogP contribution in [0.5, 0.6) is 11.5 Å². The fourth-order valence-corrected chi connectivity index (χ4v) is 2.18. The van der Waals surface area contributed by atoms with E-state index in [0.717, 1.165) is 17.0 Å². The number of carbonyl (C=O) groups is 1. The highest BCUT2D eigenvalue weighted by Gasteiger charge is 2.15. The van der Waals surface area contributed by atoms with Gasteiger partial charge in [0.1, 0.15) is 17.5 Å². The number of aromatic hydroxyl groups is 1. The molecule has 132 valence electrons. The largest absolute Gasteiger partial charge is 0.508 e. The van der Waals surface area contributed by atoms with E-state index >= 15 is 0 Å². The number of hydrogen-bond donors (Lipinski definition) is 3. The molecule has 6 nitrogen and oxygen atoms in total. The number of nitrogens with zero attached hydrogens (tertiary/aromatic N) is 1. The number of hydrogen-bond acceptors (Lipinski definition) is 5. The molecular formula is C19H23N3O3. The number of nitrogens with one attached hydrogen (secondary N) is 2. The van der Waals surface area contributed by atoms with E-state index in [9.17, 15) is 9.90 Å². The van der Waals surface area contributed by atoms with Gasteiger partial charge in [-0.3, -0.25) is 4.79 Å². The molecule has 0 aromatic heterocycles. The van der Waals surface area contributed by atoms with E-state index in [1.54, 1.807) is 24.3 Å². The third-order valence-corrected chi connectivity index (χ3v) is 3.51. The standard InChI is InChI=1S/C19H23N3O3/c1-3-18(21-15-7-11-17(12-8-15)25-4-2)19(24)22-20-13-14-5-9-16(23)10-6-14/h5-13,18,21,23H,3-4H2,1-2H3,(H,22,24)/b20-13+/t18-/m0/s1. The molecule has 2 aromatic carbocycles. The zero-order valence-electron chi connectivity index (χ0n) is 14.4. The Kier molecular flexibility index (Phi) is 6.83. The van der Waals surface area contributed by atoms with Crippen molar-refractivity contribution in [3.05, 3.63) is 54.1 Å². The lowest BCUT2D eigenvalue weighted by atomic mass is 10.2. The topological polar surface area (TPSA) is 83.0 Å². The Hall–Kier alpha value is -3.02. The summed E-state index contributed by atoms with van der Waals surface area (Å²) >= 11 is 0. The van der Waals surface area contributed by atoms with Crippen molar-refractivity contribution < 1.29 is 14.6 Å². The molecule has 25 heavy (non-hydrogen) atoms. The van der Waals surface area contributed by atoms with Gasteiger partial charge in [0.25, 0.3) is 5.91 Å². The summed E-state index contributed by atoms with van der Waals surface area (Å²) in [5.74, 6) is 0.766. The van der Waals surface area contributed by atoms with Crippen molar-refractivity contribution in [1.29, 1.82) is 0 Å². The van der Waals surface area contributed by atoms with Crippen LogP contribution < -0.4 is 15.5 Å². The lowest BCUT2D eigenvalue weighted by Crippen LogP contribution is -2.36. The van der Waals surface area contributed by atoms with Gasteiger partial charge in [-0.15, -0.1) is 0 Å². The minimum atomic E-state index is -0.394. The van der Waals surface area contributed by atoms with E-state index in [-0.39, 0.29) is 11.7 Å². The predicted molar refractivity (Wildman–Crippen MR) is 99.2 cm³/mol. The summed E-state index contributed by atoms with van der Waals surface area (Å²) in [5, 5.41) is 16.4. The van der Waals surface area contributed by atoms with Gasteiger partial charge in [0.05, 0.1) is 12.8 Å². The van der Waals surface area contributed by atoms with Crippen LogP contribution in [0, 0.1) is 0 Å². The van der Waals surface area contributed by atoms with Gasteiger partial charge in [-0.2, -0.15) is 5.10 Å². The SMILES string of the molecule is CCOc1ccc(N[C@@H](CC)C(=O)N/N=C/c2ccc(O)cc2)cc1. The molecule has 1 atom stereocenters. The lowest BCUT2D eigenvalue weighted by Gasteiger charge is -2.16. The van der Waals surface area contributed by atoms with Crippen molar-refractivity contribution in [3.63, 3.8) is 0 Å². The molecule has 0 radical (unpaired) electrons. The number of anilines is 1. The number of ether oxygens (including phenoxy) is 1. The third-order valence-electron chi connectivity index (χ3n) is 3.51. The number of benzene rings is 2. The van der Waals surface area contributed by atoms with Crippen LogP contribution in [0.3, 0.4) is 0 Å². The number of rotatable bonds is 8. The molecule has 0 aliphatic heterocycles. The monoisotopic (exact) mass is 341 g/mol. The van der Waals surface area contributed by atoms with Crippen molar-refractivity contribution in [2.75, 3.05) is 11.9 Å². The first-order chi connectivity index (χ1) is 12.1.